The Morgan fingerprint density at radius 1 is 1.20 bits per heavy atom. The van der Waals surface area contributed by atoms with Crippen molar-refractivity contribution in [3.05, 3.63) is 0 Å². The van der Waals surface area contributed by atoms with Gasteiger partial charge in [-0.15, -0.1) is 0 Å². The maximum atomic E-state index is 5.65. The predicted molar refractivity (Wildman–Crippen MR) is 37.9 cm³/mol. The summed E-state index contributed by atoms with van der Waals surface area (Å²) in [5.41, 5.74) is 0. The average molecular weight is 142 g/mol. The van der Waals surface area contributed by atoms with E-state index in [-0.39, 0.29) is 0 Å². The summed E-state index contributed by atoms with van der Waals surface area (Å²) in [6.45, 7) is 0. The summed E-state index contributed by atoms with van der Waals surface area (Å²) in [6.07, 6.45) is 6.26. The van der Waals surface area contributed by atoms with Crippen molar-refractivity contribution in [2.45, 2.75) is 44.0 Å². The monoisotopic (exact) mass is 142 g/mol. The van der Waals surface area contributed by atoms with Crippen LogP contribution >= 0.6 is 0 Å². The second kappa shape index (κ2) is 2.51. The van der Waals surface area contributed by atoms with Crippen LogP contribution in [0, 0.1) is 0 Å². The third-order valence-corrected chi connectivity index (χ3v) is 2.58. The van der Waals surface area contributed by atoms with Crippen LogP contribution in [-0.2, 0) is 9.47 Å². The summed E-state index contributed by atoms with van der Waals surface area (Å²) in [4.78, 5) is 0. The lowest BCUT2D eigenvalue weighted by Crippen LogP contribution is -2.29. The number of fused-ring (bicyclic) bond motifs is 2. The molecule has 2 unspecified atom stereocenters. The van der Waals surface area contributed by atoms with Gasteiger partial charge in [-0.2, -0.15) is 0 Å². The van der Waals surface area contributed by atoms with Crippen LogP contribution in [0.2, 0.25) is 0 Å². The number of ether oxygens (including phenoxy) is 2. The Morgan fingerprint density at radius 2 is 1.80 bits per heavy atom. The van der Waals surface area contributed by atoms with Gasteiger partial charge in [0.1, 0.15) is 0 Å². The molecule has 2 rings (SSSR count). The minimum Gasteiger partial charge on any atom is -0.381 e. The smallest absolute Gasteiger partial charge is 0.0620 e. The number of hydrogen-bond acceptors (Lipinski definition) is 2. The molecule has 2 nitrogen and oxygen atoms in total. The third-order valence-electron chi connectivity index (χ3n) is 2.58. The Hall–Kier alpha value is -0.0800. The van der Waals surface area contributed by atoms with Gasteiger partial charge >= 0.3 is 0 Å². The summed E-state index contributed by atoms with van der Waals surface area (Å²) < 4.78 is 10.9. The molecule has 2 aliphatic heterocycles. The molecule has 0 amide bonds. The van der Waals surface area contributed by atoms with E-state index in [0.29, 0.717) is 18.3 Å². The topological polar surface area (TPSA) is 18.5 Å². The molecule has 2 heteroatoms. The fourth-order valence-corrected chi connectivity index (χ4v) is 2.00. The van der Waals surface area contributed by atoms with Crippen molar-refractivity contribution in [3.8, 4) is 0 Å². The van der Waals surface area contributed by atoms with Crippen LogP contribution in [0.1, 0.15) is 25.7 Å². The molecule has 58 valence electrons. The van der Waals surface area contributed by atoms with Gasteiger partial charge in [0.2, 0.25) is 0 Å². The molecule has 0 aromatic heterocycles. The maximum Gasteiger partial charge on any atom is 0.0620 e. The highest BCUT2D eigenvalue weighted by Crippen LogP contribution is 2.33. The van der Waals surface area contributed by atoms with Crippen molar-refractivity contribution >= 4 is 0 Å². The third kappa shape index (κ3) is 1.06. The van der Waals surface area contributed by atoms with Crippen LogP contribution in [0.25, 0.3) is 0 Å². The summed E-state index contributed by atoms with van der Waals surface area (Å²) in [6, 6.07) is 0. The van der Waals surface area contributed by atoms with E-state index in [0.717, 1.165) is 12.8 Å². The van der Waals surface area contributed by atoms with E-state index in [2.05, 4.69) is 0 Å². The summed E-state index contributed by atoms with van der Waals surface area (Å²) in [7, 11) is 1.80. The van der Waals surface area contributed by atoms with Gasteiger partial charge in [0.25, 0.3) is 0 Å². The zero-order chi connectivity index (χ0) is 6.97. The molecule has 0 aliphatic carbocycles. The first-order chi connectivity index (χ1) is 4.88. The molecule has 10 heavy (non-hydrogen) atoms. The SMILES string of the molecule is COC1CC2CCC(C1)O2. The van der Waals surface area contributed by atoms with E-state index >= 15 is 0 Å². The second-order valence-corrected chi connectivity index (χ2v) is 3.29. The van der Waals surface area contributed by atoms with E-state index in [1.165, 1.54) is 12.8 Å². The molecule has 0 saturated carbocycles. The fraction of sp³-hybridized carbons (Fsp3) is 1.00. The van der Waals surface area contributed by atoms with Gasteiger partial charge in [0.15, 0.2) is 0 Å². The van der Waals surface area contributed by atoms with Crippen LogP contribution in [-0.4, -0.2) is 25.4 Å². The molecule has 0 radical (unpaired) electrons. The van der Waals surface area contributed by atoms with E-state index in [9.17, 15) is 0 Å². The molecular weight excluding hydrogens is 128 g/mol. The summed E-state index contributed by atoms with van der Waals surface area (Å²) in [5.74, 6) is 0. The van der Waals surface area contributed by atoms with Crippen LogP contribution in [0.5, 0.6) is 0 Å². The van der Waals surface area contributed by atoms with E-state index in [1.807, 2.05) is 0 Å². The van der Waals surface area contributed by atoms with Gasteiger partial charge < -0.3 is 9.47 Å². The number of rotatable bonds is 1. The molecule has 0 spiro atoms. The van der Waals surface area contributed by atoms with Crippen molar-refractivity contribution < 1.29 is 9.47 Å². The normalized spacial score (nSPS) is 45.9. The molecule has 2 aliphatic rings. The summed E-state index contributed by atoms with van der Waals surface area (Å²) >= 11 is 0. The fourth-order valence-electron chi connectivity index (χ4n) is 2.00. The molecule has 2 bridgehead atoms. The molecule has 0 aromatic carbocycles. The molecule has 0 aromatic rings. The maximum absolute atomic E-state index is 5.65. The first-order valence-corrected chi connectivity index (χ1v) is 4.06. The minimum atomic E-state index is 0.478. The lowest BCUT2D eigenvalue weighted by molar-refractivity contribution is -0.0664. The molecular formula is C8H14O2. The zero-order valence-electron chi connectivity index (χ0n) is 6.38. The van der Waals surface area contributed by atoms with E-state index < -0.39 is 0 Å². The van der Waals surface area contributed by atoms with Crippen molar-refractivity contribution in [1.29, 1.82) is 0 Å². The van der Waals surface area contributed by atoms with Crippen molar-refractivity contribution in [1.82, 2.24) is 0 Å². The highest BCUT2D eigenvalue weighted by atomic mass is 16.5. The molecule has 2 atom stereocenters. The van der Waals surface area contributed by atoms with E-state index in [1.54, 1.807) is 7.11 Å². The van der Waals surface area contributed by atoms with Crippen molar-refractivity contribution in [3.63, 3.8) is 0 Å². The van der Waals surface area contributed by atoms with Crippen LogP contribution in [0.3, 0.4) is 0 Å². The lowest BCUT2D eigenvalue weighted by atomic mass is 10.1. The molecule has 2 saturated heterocycles. The highest BCUT2D eigenvalue weighted by Gasteiger charge is 2.34. The average Bonchev–Trinajstić information content (AvgIpc) is 2.30. The minimum absolute atomic E-state index is 0.478. The second-order valence-electron chi connectivity index (χ2n) is 3.29. The van der Waals surface area contributed by atoms with Gasteiger partial charge in [0.05, 0.1) is 18.3 Å². The van der Waals surface area contributed by atoms with Crippen molar-refractivity contribution in [2.75, 3.05) is 7.11 Å². The van der Waals surface area contributed by atoms with Crippen LogP contribution in [0.15, 0.2) is 0 Å². The molecule has 2 heterocycles. The lowest BCUT2D eigenvalue weighted by Gasteiger charge is -2.26. The van der Waals surface area contributed by atoms with Gasteiger partial charge in [-0.25, -0.2) is 0 Å². The Kier molecular flexibility index (Phi) is 1.66. The Balaban J connectivity index is 1.96. The van der Waals surface area contributed by atoms with Crippen molar-refractivity contribution in [2.24, 2.45) is 0 Å². The molecule has 2 fully saturated rings. The van der Waals surface area contributed by atoms with E-state index in [4.69, 9.17) is 9.47 Å². The van der Waals surface area contributed by atoms with Crippen LogP contribution in [0.4, 0.5) is 0 Å². The van der Waals surface area contributed by atoms with Gasteiger partial charge in [-0.3, -0.25) is 0 Å². The number of hydrogen-bond donors (Lipinski definition) is 0. The first kappa shape index (κ1) is 6.62. The first-order valence-electron chi connectivity index (χ1n) is 4.06. The van der Waals surface area contributed by atoms with Gasteiger partial charge in [0, 0.05) is 7.11 Å². The van der Waals surface area contributed by atoms with Gasteiger partial charge in [-0.1, -0.05) is 0 Å². The Morgan fingerprint density at radius 3 is 2.30 bits per heavy atom. The standard InChI is InChI=1S/C8H14O2/c1-9-8-4-6-2-3-7(5-8)10-6/h6-8H,2-5H2,1H3. The van der Waals surface area contributed by atoms with Crippen LogP contribution < -0.4 is 0 Å². The predicted octanol–water partition coefficient (Wildman–Crippen LogP) is 1.34. The largest absolute Gasteiger partial charge is 0.381 e. The highest BCUT2D eigenvalue weighted by molar-refractivity contribution is 4.84. The zero-order valence-corrected chi connectivity index (χ0v) is 6.38. The number of methoxy groups -OCH3 is 1. The Labute approximate surface area is 61.5 Å². The molecule has 0 N–H and O–H groups in total. The van der Waals surface area contributed by atoms with Gasteiger partial charge in [-0.05, 0) is 25.7 Å². The summed E-state index contributed by atoms with van der Waals surface area (Å²) in [5, 5.41) is 0. The Bertz CT molecular complexity index is 112. The quantitative estimate of drug-likeness (QED) is 0.550.